The van der Waals surface area contributed by atoms with Crippen LogP contribution in [0.3, 0.4) is 0 Å². The molecule has 0 radical (unpaired) electrons. The zero-order chi connectivity index (χ0) is 21.5. The van der Waals surface area contributed by atoms with Crippen LogP contribution in [0.2, 0.25) is 0 Å². The number of hydrogen-bond donors (Lipinski definition) is 3. The smallest absolute Gasteiger partial charge is 0.338 e. The zero-order valence-corrected chi connectivity index (χ0v) is 17.6. The molecule has 0 aromatic carbocycles. The van der Waals surface area contributed by atoms with E-state index >= 15 is 0 Å². The molecule has 29 heavy (non-hydrogen) atoms. The molecule has 1 saturated carbocycles. The number of unbranched alkanes of at least 4 members (excludes halogenated alkanes) is 5. The summed E-state index contributed by atoms with van der Waals surface area (Å²) in [5, 5.41) is 27.5. The average Bonchev–Trinajstić information content (AvgIpc) is 3.04. The molecule has 0 bridgehead atoms. The van der Waals surface area contributed by atoms with Crippen molar-refractivity contribution < 1.29 is 34.4 Å². The zero-order valence-electron chi connectivity index (χ0n) is 17.6. The number of Topliss-reactive ketones (excluding diaryl/α,β-unsaturated/α-hetero) is 1. The quantitative estimate of drug-likeness (QED) is 0.190. The first-order valence-electron chi connectivity index (χ1n) is 11.0. The van der Waals surface area contributed by atoms with Gasteiger partial charge >= 0.3 is 5.97 Å². The number of carbonyl (C=O) groups is 2. The van der Waals surface area contributed by atoms with Crippen molar-refractivity contribution >= 4 is 11.8 Å². The van der Waals surface area contributed by atoms with Crippen molar-refractivity contribution in [3.63, 3.8) is 0 Å². The number of aliphatic hydroxyl groups excluding tert-OH is 2. The van der Waals surface area contributed by atoms with Crippen molar-refractivity contribution in [2.24, 2.45) is 11.8 Å². The highest BCUT2D eigenvalue weighted by molar-refractivity contribution is 5.83. The largest absolute Gasteiger partial charge is 0.479 e. The highest BCUT2D eigenvalue weighted by Gasteiger charge is 2.32. The highest BCUT2D eigenvalue weighted by Crippen LogP contribution is 2.33. The molecule has 7 heteroatoms. The van der Waals surface area contributed by atoms with Gasteiger partial charge in [0.2, 0.25) is 6.10 Å². The van der Waals surface area contributed by atoms with Crippen LogP contribution in [0.1, 0.15) is 71.1 Å². The molecule has 4 atom stereocenters. The topological polar surface area (TPSA) is 113 Å². The molecule has 0 aliphatic heterocycles. The fourth-order valence-corrected chi connectivity index (χ4v) is 3.71. The first-order valence-corrected chi connectivity index (χ1v) is 11.0. The molecule has 0 aromatic heterocycles. The van der Waals surface area contributed by atoms with Gasteiger partial charge in [-0.05, 0) is 38.0 Å². The molecule has 0 amide bonds. The molecule has 0 spiro atoms. The Morgan fingerprint density at radius 2 is 1.97 bits per heavy atom. The Morgan fingerprint density at radius 3 is 2.66 bits per heavy atom. The van der Waals surface area contributed by atoms with Crippen LogP contribution in [0.5, 0.6) is 0 Å². The molecule has 1 fully saturated rings. The average molecular weight is 415 g/mol. The summed E-state index contributed by atoms with van der Waals surface area (Å²) in [5.74, 6) is -0.626. The van der Waals surface area contributed by atoms with Crippen molar-refractivity contribution in [3.05, 3.63) is 12.2 Å². The van der Waals surface area contributed by atoms with Gasteiger partial charge in [0, 0.05) is 18.9 Å². The maximum atomic E-state index is 12.2. The van der Waals surface area contributed by atoms with E-state index in [4.69, 9.17) is 19.7 Å². The van der Waals surface area contributed by atoms with Gasteiger partial charge in [0.15, 0.2) is 6.29 Å². The number of rotatable bonds is 17. The summed E-state index contributed by atoms with van der Waals surface area (Å²) in [7, 11) is 0. The summed E-state index contributed by atoms with van der Waals surface area (Å²) in [5.41, 5.74) is 0. The van der Waals surface area contributed by atoms with Gasteiger partial charge in [-0.15, -0.1) is 0 Å². The van der Waals surface area contributed by atoms with Crippen LogP contribution >= 0.6 is 0 Å². The van der Waals surface area contributed by atoms with Gasteiger partial charge < -0.3 is 24.8 Å². The number of ketones is 1. The summed E-state index contributed by atoms with van der Waals surface area (Å²) in [6.07, 6.45) is 11.1. The number of aliphatic carboxylic acids is 1. The van der Waals surface area contributed by atoms with Crippen molar-refractivity contribution in [1.29, 1.82) is 0 Å². The molecule has 3 N–H and O–H groups in total. The van der Waals surface area contributed by atoms with E-state index < -0.39 is 18.4 Å². The lowest BCUT2D eigenvalue weighted by Crippen LogP contribution is -2.39. The lowest BCUT2D eigenvalue weighted by atomic mass is 9.90. The van der Waals surface area contributed by atoms with E-state index in [1.165, 1.54) is 25.7 Å². The molecular formula is C22H38O7. The number of aliphatic hydroxyl groups is 2. The summed E-state index contributed by atoms with van der Waals surface area (Å²) in [6, 6.07) is 0. The molecule has 0 heterocycles. The van der Waals surface area contributed by atoms with Crippen LogP contribution in [-0.2, 0) is 19.1 Å². The lowest BCUT2D eigenvalue weighted by Gasteiger charge is -2.20. The Hall–Kier alpha value is -1.28. The molecular weight excluding hydrogens is 376 g/mol. The molecule has 7 nitrogen and oxygen atoms in total. The van der Waals surface area contributed by atoms with Gasteiger partial charge in [0.1, 0.15) is 5.78 Å². The van der Waals surface area contributed by atoms with Crippen molar-refractivity contribution in [3.8, 4) is 0 Å². The highest BCUT2D eigenvalue weighted by atomic mass is 16.6. The predicted octanol–water partition coefficient (Wildman–Crippen LogP) is 3.08. The molecule has 0 saturated heterocycles. The normalized spacial score (nSPS) is 21.7. The van der Waals surface area contributed by atoms with Crippen LogP contribution < -0.4 is 0 Å². The number of allylic oxidation sites excluding steroid dienone is 2. The third kappa shape index (κ3) is 10.3. The Bertz CT molecular complexity index is 492. The SMILES string of the molecule is CCCCCCC=C[C@H]1CCC(=O)[C@@H]1CCCCOC(C(=O)O)C(O)OCCO. The molecule has 1 aliphatic carbocycles. The Labute approximate surface area is 174 Å². The number of hydrogen-bond acceptors (Lipinski definition) is 6. The second kappa shape index (κ2) is 15.5. The fourth-order valence-electron chi connectivity index (χ4n) is 3.71. The molecule has 2 unspecified atom stereocenters. The minimum Gasteiger partial charge on any atom is -0.479 e. The Morgan fingerprint density at radius 1 is 1.17 bits per heavy atom. The van der Waals surface area contributed by atoms with E-state index in [1.54, 1.807) is 0 Å². The second-order valence-electron chi connectivity index (χ2n) is 7.66. The van der Waals surface area contributed by atoms with E-state index in [9.17, 15) is 14.7 Å². The summed E-state index contributed by atoms with van der Waals surface area (Å²) in [6.45, 7) is 1.89. The van der Waals surface area contributed by atoms with Gasteiger partial charge in [-0.2, -0.15) is 0 Å². The Balaban J connectivity index is 2.30. The fraction of sp³-hybridized carbons (Fsp3) is 0.818. The predicted molar refractivity (Wildman–Crippen MR) is 109 cm³/mol. The standard InChI is InChI=1S/C22H38O7/c1-2-3-4-5-6-7-10-17-12-13-19(24)18(17)11-8-9-15-28-20(21(25)26)22(27)29-16-14-23/h7,10,17-18,20,22-23,27H,2-6,8-9,11-16H2,1H3,(H,25,26)/t17-,18+,20?,22?/m0/s1. The van der Waals surface area contributed by atoms with Crippen molar-refractivity contribution in [1.82, 2.24) is 0 Å². The van der Waals surface area contributed by atoms with E-state index in [-0.39, 0.29) is 25.7 Å². The molecule has 1 rings (SSSR count). The van der Waals surface area contributed by atoms with Gasteiger partial charge in [-0.1, -0.05) is 44.8 Å². The second-order valence-corrected chi connectivity index (χ2v) is 7.66. The molecule has 1 aliphatic rings. The van der Waals surface area contributed by atoms with E-state index in [0.29, 0.717) is 24.5 Å². The number of carboxylic acid groups (broad SMARTS) is 1. The van der Waals surface area contributed by atoms with Crippen LogP contribution in [-0.4, -0.2) is 59.3 Å². The number of ether oxygens (including phenoxy) is 2. The minimum absolute atomic E-state index is 0.0515. The van der Waals surface area contributed by atoms with Crippen LogP contribution in [0.4, 0.5) is 0 Å². The maximum absolute atomic E-state index is 12.2. The molecule has 168 valence electrons. The third-order valence-corrected chi connectivity index (χ3v) is 5.35. The van der Waals surface area contributed by atoms with E-state index in [1.807, 2.05) is 0 Å². The first-order chi connectivity index (χ1) is 14.0. The van der Waals surface area contributed by atoms with Gasteiger partial charge in [0.05, 0.1) is 13.2 Å². The maximum Gasteiger partial charge on any atom is 0.338 e. The molecule has 0 aromatic rings. The summed E-state index contributed by atoms with van der Waals surface area (Å²) >= 11 is 0. The van der Waals surface area contributed by atoms with Crippen LogP contribution in [0, 0.1) is 11.8 Å². The van der Waals surface area contributed by atoms with Crippen molar-refractivity contribution in [2.45, 2.75) is 83.5 Å². The van der Waals surface area contributed by atoms with Crippen LogP contribution in [0.15, 0.2) is 12.2 Å². The van der Waals surface area contributed by atoms with E-state index in [0.717, 1.165) is 25.7 Å². The van der Waals surface area contributed by atoms with Crippen LogP contribution in [0.25, 0.3) is 0 Å². The van der Waals surface area contributed by atoms with Gasteiger partial charge in [0.25, 0.3) is 0 Å². The van der Waals surface area contributed by atoms with Gasteiger partial charge in [-0.25, -0.2) is 4.79 Å². The van der Waals surface area contributed by atoms with Crippen molar-refractivity contribution in [2.75, 3.05) is 19.8 Å². The third-order valence-electron chi connectivity index (χ3n) is 5.35. The Kier molecular flexibility index (Phi) is 13.8. The first kappa shape index (κ1) is 25.8. The number of carbonyl (C=O) groups excluding carboxylic acids is 1. The monoisotopic (exact) mass is 414 g/mol. The minimum atomic E-state index is -1.62. The van der Waals surface area contributed by atoms with E-state index in [2.05, 4.69) is 19.1 Å². The summed E-state index contributed by atoms with van der Waals surface area (Å²) < 4.78 is 10.0. The summed E-state index contributed by atoms with van der Waals surface area (Å²) in [4.78, 5) is 23.4. The van der Waals surface area contributed by atoms with Gasteiger partial charge in [-0.3, -0.25) is 4.79 Å². The lowest BCUT2D eigenvalue weighted by molar-refractivity contribution is -0.199. The number of carboxylic acids is 1.